The van der Waals surface area contributed by atoms with Gasteiger partial charge in [-0.15, -0.1) is 0 Å². The number of carbonyl (C=O) groups excluding carboxylic acids is 1. The van der Waals surface area contributed by atoms with Crippen LogP contribution >= 0.6 is 32.9 Å². The molecule has 4 rings (SSSR count). The van der Waals surface area contributed by atoms with Crippen LogP contribution in [0.1, 0.15) is 55.4 Å². The fourth-order valence-electron chi connectivity index (χ4n) is 3.94. The monoisotopic (exact) mass is 455 g/mol. The summed E-state index contributed by atoms with van der Waals surface area (Å²) in [5.41, 5.74) is 4.32. The van der Waals surface area contributed by atoms with Crippen LogP contribution in [0, 0.1) is 3.82 Å². The first-order chi connectivity index (χ1) is 14.1. The lowest BCUT2D eigenvalue weighted by Gasteiger charge is -2.43. The number of carbonyl (C=O) groups is 1. The number of rotatable bonds is 2. The van der Waals surface area contributed by atoms with Crippen molar-refractivity contribution in [2.45, 2.75) is 45.6 Å². The Hall–Kier alpha value is -2.02. The Labute approximate surface area is 190 Å². The van der Waals surface area contributed by atoms with Gasteiger partial charge in [0.2, 0.25) is 0 Å². The molecule has 156 valence electrons. The van der Waals surface area contributed by atoms with Gasteiger partial charge in [-0.3, -0.25) is 9.69 Å². The van der Waals surface area contributed by atoms with Crippen molar-refractivity contribution in [3.05, 3.63) is 62.3 Å². The fraction of sp³-hybridized carbons (Fsp3) is 0.333. The van der Waals surface area contributed by atoms with Gasteiger partial charge in [0.05, 0.1) is 23.2 Å². The Morgan fingerprint density at radius 3 is 2.33 bits per heavy atom. The van der Waals surface area contributed by atoms with Gasteiger partial charge in [-0.25, -0.2) is 0 Å². The number of anilines is 1. The zero-order valence-corrected chi connectivity index (χ0v) is 20.5. The quantitative estimate of drug-likeness (QED) is 0.298. The molecular weight excluding hydrogens is 430 g/mol. The van der Waals surface area contributed by atoms with Gasteiger partial charge in [-0.1, -0.05) is 65.8 Å². The summed E-state index contributed by atoms with van der Waals surface area (Å²) in [7, 11) is 4.91. The number of hydrogen-bond acceptors (Lipinski definition) is 5. The first-order valence-electron chi connectivity index (χ1n) is 9.83. The molecule has 0 saturated carbocycles. The van der Waals surface area contributed by atoms with Crippen molar-refractivity contribution in [2.24, 2.45) is 0 Å². The second-order valence-corrected chi connectivity index (χ2v) is 11.9. The van der Waals surface area contributed by atoms with E-state index >= 15 is 0 Å². The van der Waals surface area contributed by atoms with E-state index in [9.17, 15) is 4.79 Å². The van der Waals surface area contributed by atoms with Crippen molar-refractivity contribution in [2.75, 3.05) is 12.0 Å². The fourth-order valence-corrected chi connectivity index (χ4v) is 7.22. The van der Waals surface area contributed by atoms with Crippen LogP contribution in [-0.2, 0) is 11.0 Å². The maximum Gasteiger partial charge on any atom is 0.259 e. The molecule has 3 nitrogen and oxygen atoms in total. The molecule has 2 aromatic carbocycles. The molecule has 30 heavy (non-hydrogen) atoms. The summed E-state index contributed by atoms with van der Waals surface area (Å²) >= 11 is 5.66. The normalized spacial score (nSPS) is 14.8. The molecule has 0 atom stereocenters. The number of nitrogens with zero attached hydrogens (tertiary/aromatic N) is 1. The highest BCUT2D eigenvalue weighted by Gasteiger charge is 2.43. The third kappa shape index (κ3) is 3.31. The standard InChI is InChI=1S/C24H25NO2S3/c1-23(2,3)15-9-7-14(8-10-15)21(26)25-18-12-11-16(27-6)13-17(18)19-20(24(25,4)5)29-30-22(19)28/h7-13H,1-6H3. The van der Waals surface area contributed by atoms with Gasteiger partial charge in [-0.05, 0) is 55.2 Å². The van der Waals surface area contributed by atoms with E-state index in [2.05, 4.69) is 46.8 Å². The summed E-state index contributed by atoms with van der Waals surface area (Å²) in [6.45, 7) is 10.7. The second kappa shape index (κ2) is 7.29. The number of hydrogen-bond donors (Lipinski definition) is 0. The van der Waals surface area contributed by atoms with Crippen molar-refractivity contribution in [1.82, 2.24) is 0 Å². The van der Waals surface area contributed by atoms with Crippen molar-refractivity contribution in [3.63, 3.8) is 0 Å². The van der Waals surface area contributed by atoms with Gasteiger partial charge in [0.25, 0.3) is 5.91 Å². The Balaban J connectivity index is 1.88. The molecule has 0 unspecified atom stereocenters. The topological polar surface area (TPSA) is 29.5 Å². The minimum Gasteiger partial charge on any atom is -0.497 e. The SMILES string of the molecule is COc1ccc2c(c1)-c1c(ssc1=S)C(C)(C)N2C(=O)c1ccc(C(C)(C)C)cc1. The van der Waals surface area contributed by atoms with Crippen LogP contribution in [0.3, 0.4) is 0 Å². The van der Waals surface area contributed by atoms with Crippen LogP contribution < -0.4 is 9.64 Å². The second-order valence-electron chi connectivity index (χ2n) is 9.07. The maximum absolute atomic E-state index is 13.8. The summed E-state index contributed by atoms with van der Waals surface area (Å²) in [6.07, 6.45) is 0. The Morgan fingerprint density at radius 2 is 1.73 bits per heavy atom. The van der Waals surface area contributed by atoms with E-state index in [1.807, 2.05) is 35.2 Å². The summed E-state index contributed by atoms with van der Waals surface area (Å²) < 4.78 is 6.32. The Bertz CT molecular complexity index is 1180. The lowest BCUT2D eigenvalue weighted by Crippen LogP contribution is -2.47. The molecule has 0 bridgehead atoms. The molecule has 1 aliphatic heterocycles. The molecule has 0 radical (unpaired) electrons. The highest BCUT2D eigenvalue weighted by molar-refractivity contribution is 7.80. The molecule has 1 aliphatic rings. The molecule has 0 aliphatic carbocycles. The zero-order valence-electron chi connectivity index (χ0n) is 18.0. The molecule has 0 fully saturated rings. The van der Waals surface area contributed by atoms with Crippen LogP contribution in [0.2, 0.25) is 0 Å². The number of benzene rings is 2. The molecular formula is C24H25NO2S3. The maximum atomic E-state index is 13.8. The summed E-state index contributed by atoms with van der Waals surface area (Å²) in [5, 5.41) is 0. The predicted molar refractivity (Wildman–Crippen MR) is 130 cm³/mol. The van der Waals surface area contributed by atoms with Gasteiger partial charge in [0.1, 0.15) is 9.57 Å². The van der Waals surface area contributed by atoms with Crippen LogP contribution in [0.5, 0.6) is 5.75 Å². The highest BCUT2D eigenvalue weighted by Crippen LogP contribution is 2.53. The lowest BCUT2D eigenvalue weighted by molar-refractivity contribution is 0.0961. The van der Waals surface area contributed by atoms with Gasteiger partial charge < -0.3 is 4.74 Å². The van der Waals surface area contributed by atoms with Crippen molar-refractivity contribution in [1.29, 1.82) is 0 Å². The minimum absolute atomic E-state index is 0.0122. The third-order valence-electron chi connectivity index (χ3n) is 5.66. The molecule has 6 heteroatoms. The van der Waals surface area contributed by atoms with E-state index in [0.29, 0.717) is 5.56 Å². The molecule has 3 aromatic rings. The van der Waals surface area contributed by atoms with E-state index < -0.39 is 5.54 Å². The number of amides is 1. The average Bonchev–Trinajstić information content (AvgIpc) is 3.10. The van der Waals surface area contributed by atoms with Crippen LogP contribution in [0.15, 0.2) is 42.5 Å². The van der Waals surface area contributed by atoms with E-state index in [4.69, 9.17) is 17.0 Å². The Morgan fingerprint density at radius 1 is 1.07 bits per heavy atom. The average molecular weight is 456 g/mol. The van der Waals surface area contributed by atoms with E-state index in [1.54, 1.807) is 27.8 Å². The van der Waals surface area contributed by atoms with Crippen LogP contribution in [-0.4, -0.2) is 13.0 Å². The number of ether oxygens (including phenoxy) is 1. The minimum atomic E-state index is -0.505. The highest BCUT2D eigenvalue weighted by atomic mass is 32.9. The lowest BCUT2D eigenvalue weighted by atomic mass is 9.85. The molecule has 0 spiro atoms. The largest absolute Gasteiger partial charge is 0.497 e. The predicted octanol–water partition coefficient (Wildman–Crippen LogP) is 7.41. The number of fused-ring (bicyclic) bond motifs is 3. The summed E-state index contributed by atoms with van der Waals surface area (Å²) in [4.78, 5) is 16.8. The smallest absolute Gasteiger partial charge is 0.259 e. The molecule has 2 heterocycles. The Kier molecular flexibility index (Phi) is 5.16. The number of methoxy groups -OCH3 is 1. The third-order valence-corrected chi connectivity index (χ3v) is 8.99. The van der Waals surface area contributed by atoms with Crippen molar-refractivity contribution < 1.29 is 9.53 Å². The summed E-state index contributed by atoms with van der Waals surface area (Å²) in [6, 6.07) is 13.8. The first-order valence-corrected chi connectivity index (χ1v) is 12.4. The van der Waals surface area contributed by atoms with E-state index in [1.165, 1.54) is 5.56 Å². The van der Waals surface area contributed by atoms with Gasteiger partial charge in [-0.2, -0.15) is 0 Å². The van der Waals surface area contributed by atoms with Gasteiger partial charge in [0, 0.05) is 16.7 Å². The molecule has 1 aromatic heterocycles. The van der Waals surface area contributed by atoms with E-state index in [0.717, 1.165) is 31.3 Å². The zero-order chi connectivity index (χ0) is 21.8. The van der Waals surface area contributed by atoms with Gasteiger partial charge >= 0.3 is 0 Å². The molecule has 1 amide bonds. The van der Waals surface area contributed by atoms with Crippen LogP contribution in [0.25, 0.3) is 11.1 Å². The van der Waals surface area contributed by atoms with Crippen LogP contribution in [0.4, 0.5) is 5.69 Å². The molecule has 0 saturated heterocycles. The van der Waals surface area contributed by atoms with E-state index in [-0.39, 0.29) is 11.3 Å². The van der Waals surface area contributed by atoms with Gasteiger partial charge in [0.15, 0.2) is 0 Å². The molecule has 0 N–H and O–H groups in total. The van der Waals surface area contributed by atoms with Crippen molar-refractivity contribution in [3.8, 4) is 16.9 Å². The first kappa shape index (κ1) is 21.2. The van der Waals surface area contributed by atoms with Crippen molar-refractivity contribution >= 4 is 44.5 Å². The summed E-state index contributed by atoms with van der Waals surface area (Å²) in [5.74, 6) is 0.744.